The number of carbonyl (C=O) groups is 2. The van der Waals surface area contributed by atoms with Gasteiger partial charge in [0.25, 0.3) is 25.7 Å². The van der Waals surface area contributed by atoms with Crippen LogP contribution in [0.2, 0.25) is 5.04 Å². The van der Waals surface area contributed by atoms with E-state index in [1.165, 1.54) is 17.9 Å². The van der Waals surface area contributed by atoms with E-state index in [4.69, 9.17) is 18.7 Å². The molecule has 3 aromatic carbocycles. The van der Waals surface area contributed by atoms with Crippen molar-refractivity contribution in [2.45, 2.75) is 57.3 Å². The van der Waals surface area contributed by atoms with Gasteiger partial charge < -0.3 is 13.9 Å². The number of H-pyrrole nitrogens is 1. The molecule has 47 heavy (non-hydrogen) atoms. The van der Waals surface area contributed by atoms with Crippen LogP contribution in [0.5, 0.6) is 0 Å². The molecule has 0 aliphatic carbocycles. The molecule has 2 amide bonds. The molecule has 2 aliphatic heterocycles. The molecule has 4 atom stereocenters. The lowest BCUT2D eigenvalue weighted by Gasteiger charge is -2.45. The van der Waals surface area contributed by atoms with E-state index in [2.05, 4.69) is 50.0 Å². The van der Waals surface area contributed by atoms with Gasteiger partial charge in [-0.25, -0.2) is 4.79 Å². The number of aromatic amines is 1. The van der Waals surface area contributed by atoms with E-state index in [9.17, 15) is 19.2 Å². The normalized spacial score (nSPS) is 21.3. The van der Waals surface area contributed by atoms with Gasteiger partial charge in [-0.2, -0.15) is 0 Å². The van der Waals surface area contributed by atoms with Gasteiger partial charge in [0.2, 0.25) is 0 Å². The minimum atomic E-state index is -3.23. The standard InChI is InChI=1S/C35H37N3O8Si/c1-22-20-37(34(42)36-30(22)39)33-29(43-5)28(27(45-33)21-44-38-31(40)25-18-12-13-19-26(25)32(38)41)46-47(35(2,3)4,23-14-8-6-9-15-23)24-16-10-7-11-17-24/h6-20,27-29,33H,21H2,1-5H3,(H,36,39,42)/t27-,28?,29?,33-/m0/s1. The number of benzene rings is 3. The summed E-state index contributed by atoms with van der Waals surface area (Å²) in [6.07, 6.45) is -2.26. The van der Waals surface area contributed by atoms with Crippen molar-refractivity contribution in [1.82, 2.24) is 14.6 Å². The second-order valence-corrected chi connectivity index (χ2v) is 17.0. The maximum absolute atomic E-state index is 13.2. The minimum Gasteiger partial charge on any atom is -0.399 e. The highest BCUT2D eigenvalue weighted by Crippen LogP contribution is 2.42. The van der Waals surface area contributed by atoms with Crippen LogP contribution < -0.4 is 21.6 Å². The zero-order valence-corrected chi connectivity index (χ0v) is 27.8. The molecule has 2 unspecified atom stereocenters. The van der Waals surface area contributed by atoms with Crippen molar-refractivity contribution in [3.05, 3.63) is 129 Å². The van der Waals surface area contributed by atoms with E-state index in [-0.39, 0.29) is 17.7 Å². The first-order valence-corrected chi connectivity index (χ1v) is 17.3. The zero-order valence-electron chi connectivity index (χ0n) is 26.8. The molecule has 1 aromatic heterocycles. The first kappa shape index (κ1) is 32.5. The van der Waals surface area contributed by atoms with E-state index >= 15 is 0 Å². The van der Waals surface area contributed by atoms with Crippen LogP contribution in [0, 0.1) is 6.92 Å². The average molecular weight is 656 g/mol. The van der Waals surface area contributed by atoms with E-state index in [0.29, 0.717) is 5.56 Å². The molecule has 1 fully saturated rings. The van der Waals surface area contributed by atoms with E-state index in [1.54, 1.807) is 31.2 Å². The number of aromatic nitrogens is 2. The second kappa shape index (κ2) is 12.6. The number of nitrogens with one attached hydrogen (secondary N) is 1. The van der Waals surface area contributed by atoms with Crippen LogP contribution in [0.1, 0.15) is 53.3 Å². The molecule has 1 N–H and O–H groups in total. The third-order valence-electron chi connectivity index (χ3n) is 8.83. The van der Waals surface area contributed by atoms with Crippen LogP contribution in [0.25, 0.3) is 0 Å². The number of hydrogen-bond donors (Lipinski definition) is 1. The Balaban J connectivity index is 1.45. The quantitative estimate of drug-likeness (QED) is 0.215. The number of fused-ring (bicyclic) bond motifs is 1. The van der Waals surface area contributed by atoms with Crippen LogP contribution in [-0.4, -0.2) is 66.8 Å². The van der Waals surface area contributed by atoms with Gasteiger partial charge in [-0.3, -0.25) is 28.8 Å². The average Bonchev–Trinajstić information content (AvgIpc) is 3.53. The van der Waals surface area contributed by atoms with Crippen LogP contribution in [0.4, 0.5) is 0 Å². The molecule has 4 aromatic rings. The number of imide groups is 1. The fraction of sp³-hybridized carbons (Fsp3) is 0.314. The Morgan fingerprint density at radius 2 is 1.34 bits per heavy atom. The van der Waals surface area contributed by atoms with Gasteiger partial charge in [-0.15, -0.1) is 5.06 Å². The predicted molar refractivity (Wildman–Crippen MR) is 176 cm³/mol. The fourth-order valence-electron chi connectivity index (χ4n) is 6.56. The van der Waals surface area contributed by atoms with Gasteiger partial charge in [0.1, 0.15) is 24.9 Å². The van der Waals surface area contributed by atoms with Gasteiger partial charge in [0, 0.05) is 18.9 Å². The molecule has 6 rings (SSSR count). The molecule has 244 valence electrons. The van der Waals surface area contributed by atoms with Crippen molar-refractivity contribution in [2.75, 3.05) is 13.7 Å². The second-order valence-electron chi connectivity index (χ2n) is 12.7. The number of ether oxygens (including phenoxy) is 2. The highest BCUT2D eigenvalue weighted by molar-refractivity contribution is 6.99. The van der Waals surface area contributed by atoms with Crippen molar-refractivity contribution >= 4 is 30.5 Å². The zero-order chi connectivity index (χ0) is 33.5. The number of aryl methyl sites for hydroxylation is 1. The highest BCUT2D eigenvalue weighted by atomic mass is 28.4. The van der Waals surface area contributed by atoms with E-state index in [0.717, 1.165) is 15.4 Å². The minimum absolute atomic E-state index is 0.243. The maximum Gasteiger partial charge on any atom is 0.330 e. The van der Waals surface area contributed by atoms with Gasteiger partial charge in [-0.1, -0.05) is 93.6 Å². The molecular formula is C35H37N3O8Si. The van der Waals surface area contributed by atoms with Crippen molar-refractivity contribution < 1.29 is 28.3 Å². The molecule has 12 heteroatoms. The number of hydrogen-bond acceptors (Lipinski definition) is 8. The number of methoxy groups -OCH3 is 1. The van der Waals surface area contributed by atoms with Crippen molar-refractivity contribution in [3.63, 3.8) is 0 Å². The Morgan fingerprint density at radius 1 is 0.809 bits per heavy atom. The summed E-state index contributed by atoms with van der Waals surface area (Å²) in [7, 11) is -1.73. The monoisotopic (exact) mass is 655 g/mol. The van der Waals surface area contributed by atoms with Crippen molar-refractivity contribution in [1.29, 1.82) is 0 Å². The number of rotatable bonds is 9. The Bertz CT molecular complexity index is 1830. The summed E-state index contributed by atoms with van der Waals surface area (Å²) in [5.74, 6) is -1.17. The Morgan fingerprint density at radius 3 is 1.85 bits per heavy atom. The lowest BCUT2D eigenvalue weighted by atomic mass is 10.1. The third kappa shape index (κ3) is 5.61. The molecule has 0 radical (unpaired) electrons. The molecule has 1 saturated heterocycles. The molecule has 3 heterocycles. The summed E-state index contributed by atoms with van der Waals surface area (Å²) in [5, 5.41) is 2.33. The number of carbonyl (C=O) groups excluding carboxylic acids is 2. The number of nitrogens with zero attached hydrogens (tertiary/aromatic N) is 2. The van der Waals surface area contributed by atoms with Crippen molar-refractivity contribution in [2.24, 2.45) is 0 Å². The molecule has 11 nitrogen and oxygen atoms in total. The van der Waals surface area contributed by atoms with Gasteiger partial charge in [-0.05, 0) is 34.5 Å². The smallest absolute Gasteiger partial charge is 0.330 e. The maximum atomic E-state index is 13.2. The summed E-state index contributed by atoms with van der Waals surface area (Å²) < 4.78 is 21.3. The van der Waals surface area contributed by atoms with Crippen LogP contribution in [-0.2, 0) is 18.7 Å². The lowest BCUT2D eigenvalue weighted by Crippen LogP contribution is -2.69. The van der Waals surface area contributed by atoms with E-state index < -0.39 is 61.0 Å². The van der Waals surface area contributed by atoms with Gasteiger partial charge >= 0.3 is 5.69 Å². The summed E-state index contributed by atoms with van der Waals surface area (Å²) in [6, 6.07) is 26.5. The van der Waals surface area contributed by atoms with Gasteiger partial charge in [0.05, 0.1) is 11.1 Å². The molecular weight excluding hydrogens is 618 g/mol. The predicted octanol–water partition coefficient (Wildman–Crippen LogP) is 2.93. The molecule has 0 bridgehead atoms. The number of hydroxylamine groups is 2. The molecule has 0 spiro atoms. The fourth-order valence-corrected chi connectivity index (χ4v) is 11.3. The summed E-state index contributed by atoms with van der Waals surface area (Å²) >= 11 is 0. The first-order chi connectivity index (χ1) is 22.5. The number of amides is 2. The van der Waals surface area contributed by atoms with Crippen LogP contribution in [0.15, 0.2) is 101 Å². The highest BCUT2D eigenvalue weighted by Gasteiger charge is 2.57. The van der Waals surface area contributed by atoms with E-state index in [1.807, 2.05) is 36.4 Å². The topological polar surface area (TPSA) is 129 Å². The Labute approximate surface area is 272 Å². The third-order valence-corrected chi connectivity index (χ3v) is 13.9. The Kier molecular flexibility index (Phi) is 8.72. The SMILES string of the molecule is COC1C(O[Si](c2ccccc2)(c2ccccc2)C(C)(C)C)[C@H](CON2C(=O)c3ccccc3C2=O)O[C@@H]1n1cc(C)c(=O)[nH]c1=O. The van der Waals surface area contributed by atoms with Crippen LogP contribution >= 0.6 is 0 Å². The first-order valence-electron chi connectivity index (χ1n) is 15.4. The molecule has 2 aliphatic rings. The summed E-state index contributed by atoms with van der Waals surface area (Å²) in [4.78, 5) is 60.0. The van der Waals surface area contributed by atoms with Crippen molar-refractivity contribution in [3.8, 4) is 0 Å². The lowest BCUT2D eigenvalue weighted by molar-refractivity contribution is -0.140. The molecule has 0 saturated carbocycles. The Hall–Kier alpha value is -4.46. The van der Waals surface area contributed by atoms with Gasteiger partial charge in [0.15, 0.2) is 6.23 Å². The van der Waals surface area contributed by atoms with Crippen LogP contribution in [0.3, 0.4) is 0 Å². The summed E-state index contributed by atoms with van der Waals surface area (Å²) in [5.41, 5.74) is -0.401. The largest absolute Gasteiger partial charge is 0.399 e. The summed E-state index contributed by atoms with van der Waals surface area (Å²) in [6.45, 7) is 7.71.